The number of alkyl halides is 1. The van der Waals surface area contributed by atoms with Crippen LogP contribution in [0.5, 0.6) is 0 Å². The van der Waals surface area contributed by atoms with Crippen molar-refractivity contribution in [2.75, 3.05) is 11.6 Å². The van der Waals surface area contributed by atoms with Crippen molar-refractivity contribution >= 4 is 29.3 Å². The number of hydrogen-bond acceptors (Lipinski definition) is 2. The molecule has 1 aromatic carbocycles. The lowest BCUT2D eigenvalue weighted by Gasteiger charge is -2.03. The maximum absolute atomic E-state index is 13.2. The molecule has 0 radical (unpaired) electrons. The van der Waals surface area contributed by atoms with Gasteiger partial charge in [0.15, 0.2) is 0 Å². The quantitative estimate of drug-likeness (QED) is 0.618. The van der Waals surface area contributed by atoms with E-state index in [0.29, 0.717) is 0 Å². The molecule has 0 saturated carbocycles. The fourth-order valence-electron chi connectivity index (χ4n) is 1.09. The molecule has 0 fully saturated rings. The summed E-state index contributed by atoms with van der Waals surface area (Å²) in [4.78, 5) is 10.7. The van der Waals surface area contributed by atoms with Crippen molar-refractivity contribution < 1.29 is 14.3 Å². The summed E-state index contributed by atoms with van der Waals surface area (Å²) in [6.45, 7) is 0. The molecule has 0 aromatic heterocycles. The van der Waals surface area contributed by atoms with E-state index in [0.717, 1.165) is 6.07 Å². The standard InChI is InChI=1S/C10H9ClFNO2/c11-3-1-2-6-4-7(10(14)15)9(13)5-8(6)12/h1-2,4-5H,3,13H2,(H,14,15). The van der Waals surface area contributed by atoms with Crippen LogP contribution in [0, 0.1) is 5.82 Å². The van der Waals surface area contributed by atoms with E-state index >= 15 is 0 Å². The molecule has 0 aliphatic heterocycles. The first-order chi connectivity index (χ1) is 7.06. The third-order valence-electron chi connectivity index (χ3n) is 1.79. The Bertz CT molecular complexity index is 418. The fourth-order valence-corrected chi connectivity index (χ4v) is 1.18. The number of nitrogen functional groups attached to an aromatic ring is 1. The molecule has 15 heavy (non-hydrogen) atoms. The molecule has 0 spiro atoms. The summed E-state index contributed by atoms with van der Waals surface area (Å²) in [7, 11) is 0. The van der Waals surface area contributed by atoms with Crippen LogP contribution in [-0.2, 0) is 0 Å². The molecule has 0 aliphatic carbocycles. The van der Waals surface area contributed by atoms with Gasteiger partial charge in [0.1, 0.15) is 5.82 Å². The third kappa shape index (κ3) is 2.70. The van der Waals surface area contributed by atoms with Gasteiger partial charge in [0.25, 0.3) is 0 Å². The number of carbonyl (C=O) groups is 1. The molecule has 1 aromatic rings. The smallest absolute Gasteiger partial charge is 0.337 e. The first-order valence-electron chi connectivity index (χ1n) is 4.11. The van der Waals surface area contributed by atoms with E-state index in [1.54, 1.807) is 0 Å². The largest absolute Gasteiger partial charge is 0.478 e. The minimum absolute atomic E-state index is 0.0944. The van der Waals surface area contributed by atoms with Gasteiger partial charge >= 0.3 is 5.97 Å². The van der Waals surface area contributed by atoms with E-state index in [1.807, 2.05) is 0 Å². The summed E-state index contributed by atoms with van der Waals surface area (Å²) in [5.41, 5.74) is 5.29. The van der Waals surface area contributed by atoms with Crippen molar-refractivity contribution in [3.8, 4) is 0 Å². The lowest BCUT2D eigenvalue weighted by molar-refractivity contribution is 0.0698. The molecule has 0 heterocycles. The Kier molecular flexibility index (Phi) is 3.68. The van der Waals surface area contributed by atoms with Gasteiger partial charge in [-0.3, -0.25) is 0 Å². The molecule has 0 bridgehead atoms. The minimum Gasteiger partial charge on any atom is -0.478 e. The van der Waals surface area contributed by atoms with Crippen molar-refractivity contribution in [1.82, 2.24) is 0 Å². The van der Waals surface area contributed by atoms with Gasteiger partial charge in [-0.15, -0.1) is 11.6 Å². The average Bonchev–Trinajstić information content (AvgIpc) is 2.16. The molecule has 0 saturated heterocycles. The van der Waals surface area contributed by atoms with Gasteiger partial charge in [-0.1, -0.05) is 12.2 Å². The zero-order valence-electron chi connectivity index (χ0n) is 7.71. The third-order valence-corrected chi connectivity index (χ3v) is 1.96. The number of benzene rings is 1. The van der Waals surface area contributed by atoms with E-state index in [1.165, 1.54) is 18.2 Å². The van der Waals surface area contributed by atoms with Gasteiger partial charge in [0.05, 0.1) is 5.56 Å². The number of allylic oxidation sites excluding steroid dienone is 1. The Balaban J connectivity index is 3.23. The summed E-state index contributed by atoms with van der Waals surface area (Å²) >= 11 is 5.39. The van der Waals surface area contributed by atoms with Crippen molar-refractivity contribution in [1.29, 1.82) is 0 Å². The second-order valence-electron chi connectivity index (χ2n) is 2.82. The molecule has 1 rings (SSSR count). The Morgan fingerprint density at radius 3 is 2.80 bits per heavy atom. The highest BCUT2D eigenvalue weighted by Crippen LogP contribution is 2.19. The van der Waals surface area contributed by atoms with Gasteiger partial charge in [0, 0.05) is 17.1 Å². The molecule has 0 amide bonds. The van der Waals surface area contributed by atoms with Gasteiger partial charge in [-0.25, -0.2) is 9.18 Å². The van der Waals surface area contributed by atoms with E-state index in [-0.39, 0.29) is 22.7 Å². The van der Waals surface area contributed by atoms with Crippen LogP contribution in [0.4, 0.5) is 10.1 Å². The molecule has 5 heteroatoms. The normalized spacial score (nSPS) is 10.8. The van der Waals surface area contributed by atoms with Crippen LogP contribution in [0.3, 0.4) is 0 Å². The Hall–Kier alpha value is -1.55. The fraction of sp³-hybridized carbons (Fsp3) is 0.100. The molecule has 0 atom stereocenters. The summed E-state index contributed by atoms with van der Waals surface area (Å²) in [5, 5.41) is 8.75. The second kappa shape index (κ2) is 4.79. The predicted molar refractivity (Wildman–Crippen MR) is 57.5 cm³/mol. The molecule has 3 N–H and O–H groups in total. The van der Waals surface area contributed by atoms with Gasteiger partial charge < -0.3 is 10.8 Å². The molecule has 0 aliphatic rings. The monoisotopic (exact) mass is 229 g/mol. The van der Waals surface area contributed by atoms with E-state index < -0.39 is 11.8 Å². The molecule has 0 unspecified atom stereocenters. The van der Waals surface area contributed by atoms with Crippen molar-refractivity contribution in [3.63, 3.8) is 0 Å². The Morgan fingerprint density at radius 1 is 1.60 bits per heavy atom. The Labute approximate surface area is 91.0 Å². The van der Waals surface area contributed by atoms with Gasteiger partial charge in [0.2, 0.25) is 0 Å². The highest BCUT2D eigenvalue weighted by atomic mass is 35.5. The Morgan fingerprint density at radius 2 is 2.27 bits per heavy atom. The van der Waals surface area contributed by atoms with Crippen molar-refractivity contribution in [2.24, 2.45) is 0 Å². The average molecular weight is 230 g/mol. The first kappa shape index (κ1) is 11.5. The van der Waals surface area contributed by atoms with Crippen LogP contribution in [0.1, 0.15) is 15.9 Å². The number of anilines is 1. The van der Waals surface area contributed by atoms with Crippen LogP contribution in [0.2, 0.25) is 0 Å². The zero-order chi connectivity index (χ0) is 11.4. The number of rotatable bonds is 3. The van der Waals surface area contributed by atoms with Crippen LogP contribution in [0.25, 0.3) is 6.08 Å². The van der Waals surface area contributed by atoms with E-state index in [9.17, 15) is 9.18 Å². The second-order valence-corrected chi connectivity index (χ2v) is 3.13. The maximum Gasteiger partial charge on any atom is 0.337 e. The highest BCUT2D eigenvalue weighted by Gasteiger charge is 2.11. The first-order valence-corrected chi connectivity index (χ1v) is 4.64. The molecular weight excluding hydrogens is 221 g/mol. The van der Waals surface area contributed by atoms with Crippen molar-refractivity contribution in [2.45, 2.75) is 0 Å². The molecule has 80 valence electrons. The summed E-state index contributed by atoms with van der Waals surface area (Å²) in [5.74, 6) is -1.53. The SMILES string of the molecule is Nc1cc(F)c(C=CCCl)cc1C(=O)O. The van der Waals surface area contributed by atoms with E-state index in [2.05, 4.69) is 0 Å². The number of halogens is 2. The van der Waals surface area contributed by atoms with Crippen LogP contribution in [0.15, 0.2) is 18.2 Å². The van der Waals surface area contributed by atoms with Crippen LogP contribution in [-0.4, -0.2) is 17.0 Å². The highest BCUT2D eigenvalue weighted by molar-refractivity contribution is 6.19. The minimum atomic E-state index is -1.19. The molecular formula is C10H9ClFNO2. The predicted octanol–water partition coefficient (Wildman–Crippen LogP) is 2.36. The number of nitrogens with two attached hydrogens (primary N) is 1. The maximum atomic E-state index is 13.2. The number of carboxylic acids is 1. The topological polar surface area (TPSA) is 63.3 Å². The summed E-state index contributed by atoms with van der Waals surface area (Å²) < 4.78 is 13.2. The zero-order valence-corrected chi connectivity index (χ0v) is 8.46. The number of aromatic carboxylic acids is 1. The van der Waals surface area contributed by atoms with Crippen LogP contribution >= 0.6 is 11.6 Å². The summed E-state index contributed by atoms with van der Waals surface area (Å²) in [6.07, 6.45) is 2.93. The van der Waals surface area contributed by atoms with Gasteiger partial charge in [-0.2, -0.15) is 0 Å². The number of carboxylic acid groups (broad SMARTS) is 1. The van der Waals surface area contributed by atoms with Gasteiger partial charge in [-0.05, 0) is 12.1 Å². The molecule has 3 nitrogen and oxygen atoms in total. The summed E-state index contributed by atoms with van der Waals surface area (Å²) in [6, 6.07) is 2.16. The lowest BCUT2D eigenvalue weighted by Crippen LogP contribution is -2.04. The lowest BCUT2D eigenvalue weighted by atomic mass is 10.1. The number of hydrogen-bond donors (Lipinski definition) is 2. The van der Waals surface area contributed by atoms with Crippen LogP contribution < -0.4 is 5.73 Å². The van der Waals surface area contributed by atoms with E-state index in [4.69, 9.17) is 22.4 Å². The van der Waals surface area contributed by atoms with Crippen molar-refractivity contribution in [3.05, 3.63) is 35.2 Å².